The van der Waals surface area contributed by atoms with Crippen molar-refractivity contribution in [3.8, 4) is 0 Å². The topological polar surface area (TPSA) is 68.8 Å². The molecule has 9 heteroatoms. The summed E-state index contributed by atoms with van der Waals surface area (Å²) < 4.78 is 5.72. The Morgan fingerprint density at radius 3 is 2.21 bits per heavy atom. The average Bonchev–Trinajstić information content (AvgIpc) is 3.05. The van der Waals surface area contributed by atoms with Crippen LogP contribution in [0, 0.1) is 5.92 Å². The third-order valence-electron chi connectivity index (χ3n) is 9.05. The highest BCUT2D eigenvalue weighted by atomic mass is 32.1. The maximum absolute atomic E-state index is 5.82. The lowest BCUT2D eigenvalue weighted by molar-refractivity contribution is 0.0515. The molecule has 4 heterocycles. The van der Waals surface area contributed by atoms with Gasteiger partial charge in [0.25, 0.3) is 0 Å². The number of para-hydroxylation sites is 1. The first-order valence-corrected chi connectivity index (χ1v) is 15.9. The molecule has 1 unspecified atom stereocenters. The summed E-state index contributed by atoms with van der Waals surface area (Å²) in [5, 5.41) is 7.43. The molecular formula is C33H43N7OS. The lowest BCUT2D eigenvalue weighted by Gasteiger charge is -2.38. The molecule has 222 valence electrons. The van der Waals surface area contributed by atoms with Crippen LogP contribution in [0.3, 0.4) is 0 Å². The van der Waals surface area contributed by atoms with E-state index in [1.165, 1.54) is 24.1 Å². The molecule has 3 aromatic rings. The second kappa shape index (κ2) is 13.3. The van der Waals surface area contributed by atoms with Gasteiger partial charge in [-0.15, -0.1) is 0 Å². The van der Waals surface area contributed by atoms with Gasteiger partial charge in [-0.2, -0.15) is 9.97 Å². The number of ether oxygens (including phenoxy) is 1. The van der Waals surface area contributed by atoms with Crippen LogP contribution in [0.15, 0.2) is 66.7 Å². The van der Waals surface area contributed by atoms with Crippen molar-refractivity contribution < 1.29 is 4.74 Å². The molecule has 0 aliphatic carbocycles. The molecule has 1 aromatic heterocycles. The number of thiocarbonyl (C=S) groups is 1. The summed E-state index contributed by atoms with van der Waals surface area (Å²) in [5.74, 6) is 3.15. The predicted octanol–water partition coefficient (Wildman–Crippen LogP) is 5.07. The second-order valence-electron chi connectivity index (χ2n) is 12.0. The highest BCUT2D eigenvalue weighted by Gasteiger charge is 2.34. The number of nitrogens with one attached hydrogen (secondary N) is 2. The van der Waals surface area contributed by atoms with Gasteiger partial charge in [-0.3, -0.25) is 0 Å². The number of piperidine rings is 1. The summed E-state index contributed by atoms with van der Waals surface area (Å²) in [4.78, 5) is 17.2. The zero-order chi connectivity index (χ0) is 28.8. The van der Waals surface area contributed by atoms with Gasteiger partial charge in [0.1, 0.15) is 11.6 Å². The van der Waals surface area contributed by atoms with Crippen molar-refractivity contribution in [2.45, 2.75) is 38.0 Å². The largest absolute Gasteiger partial charge is 0.381 e. The number of hydrogen-bond acceptors (Lipinski definition) is 7. The number of hydrogen-bond donors (Lipinski definition) is 2. The van der Waals surface area contributed by atoms with Crippen LogP contribution in [0.4, 0.5) is 23.3 Å². The van der Waals surface area contributed by atoms with Crippen LogP contribution >= 0.6 is 12.2 Å². The molecule has 0 radical (unpaired) electrons. The van der Waals surface area contributed by atoms with Crippen molar-refractivity contribution in [2.24, 2.45) is 5.92 Å². The van der Waals surface area contributed by atoms with Gasteiger partial charge in [0.15, 0.2) is 5.11 Å². The standard InChI is InChI=1S/C33H43N7OS/c1-26-9-8-16-40(24-26)30-23-29(39-19-17-38(18-20-39)28-12-6-3-7-13-28)35-31(36-30)37-32(42)34-25-33(14-21-41-22-15-33)27-10-4-2-5-11-27/h2-7,10-13,23,26H,8-9,14-22,24-25H2,1H3,(H2,34,35,36,37,42). The van der Waals surface area contributed by atoms with Gasteiger partial charge in [-0.05, 0) is 61.5 Å². The van der Waals surface area contributed by atoms with Crippen LogP contribution < -0.4 is 25.3 Å². The Labute approximate surface area is 255 Å². The minimum Gasteiger partial charge on any atom is -0.381 e. The molecular weight excluding hydrogens is 542 g/mol. The highest BCUT2D eigenvalue weighted by molar-refractivity contribution is 7.80. The van der Waals surface area contributed by atoms with E-state index in [2.05, 4.69) is 99.0 Å². The van der Waals surface area contributed by atoms with Crippen molar-refractivity contribution in [3.63, 3.8) is 0 Å². The fraction of sp³-hybridized carbons (Fsp3) is 0.485. The van der Waals surface area contributed by atoms with Crippen LogP contribution in [-0.2, 0) is 10.2 Å². The molecule has 0 bridgehead atoms. The molecule has 6 rings (SSSR count). The smallest absolute Gasteiger partial charge is 0.232 e. The van der Waals surface area contributed by atoms with Gasteiger partial charge in [-0.25, -0.2) is 0 Å². The summed E-state index contributed by atoms with van der Waals surface area (Å²) >= 11 is 5.82. The van der Waals surface area contributed by atoms with Crippen molar-refractivity contribution in [1.82, 2.24) is 15.3 Å². The van der Waals surface area contributed by atoms with E-state index in [1.54, 1.807) is 0 Å². The van der Waals surface area contributed by atoms with Crippen molar-refractivity contribution in [3.05, 3.63) is 72.3 Å². The number of anilines is 4. The summed E-state index contributed by atoms with van der Waals surface area (Å²) in [6, 6.07) is 23.6. The van der Waals surface area contributed by atoms with E-state index in [9.17, 15) is 0 Å². The SMILES string of the molecule is CC1CCCN(c2cc(N3CCN(c4ccccc4)CC3)nc(NC(=S)NCC3(c4ccccc4)CCOCC3)n2)C1. The number of rotatable bonds is 7. The molecule has 2 aromatic carbocycles. The van der Waals surface area contributed by atoms with Gasteiger partial charge in [-0.1, -0.05) is 55.5 Å². The monoisotopic (exact) mass is 585 g/mol. The van der Waals surface area contributed by atoms with Crippen LogP contribution in [0.2, 0.25) is 0 Å². The van der Waals surface area contributed by atoms with Crippen LogP contribution in [0.25, 0.3) is 0 Å². The predicted molar refractivity (Wildman–Crippen MR) is 176 cm³/mol. The van der Waals surface area contributed by atoms with Crippen LogP contribution in [0.5, 0.6) is 0 Å². The molecule has 3 aliphatic heterocycles. The van der Waals surface area contributed by atoms with Gasteiger partial charge >= 0.3 is 0 Å². The minimum absolute atomic E-state index is 0.0124. The molecule has 1 atom stereocenters. The average molecular weight is 586 g/mol. The van der Waals surface area contributed by atoms with E-state index in [1.807, 2.05) is 0 Å². The minimum atomic E-state index is -0.0124. The Balaban J connectivity index is 1.17. The molecule has 8 nitrogen and oxygen atoms in total. The molecule has 0 saturated carbocycles. The van der Waals surface area contributed by atoms with Gasteiger partial charge in [0.05, 0.1) is 0 Å². The van der Waals surface area contributed by atoms with Crippen molar-refractivity contribution in [2.75, 3.05) is 79.0 Å². The van der Waals surface area contributed by atoms with E-state index in [0.29, 0.717) is 17.0 Å². The van der Waals surface area contributed by atoms with Gasteiger partial charge in [0.2, 0.25) is 5.95 Å². The Bertz CT molecular complexity index is 1310. The van der Waals surface area contributed by atoms with E-state index in [0.717, 1.165) is 83.5 Å². The first kappa shape index (κ1) is 28.7. The molecule has 3 fully saturated rings. The van der Waals surface area contributed by atoms with E-state index >= 15 is 0 Å². The molecule has 0 spiro atoms. The maximum Gasteiger partial charge on any atom is 0.232 e. The first-order valence-electron chi connectivity index (χ1n) is 15.5. The Morgan fingerprint density at radius 2 is 1.52 bits per heavy atom. The lowest BCUT2D eigenvalue weighted by atomic mass is 9.74. The van der Waals surface area contributed by atoms with Crippen molar-refractivity contribution >= 4 is 40.6 Å². The maximum atomic E-state index is 5.82. The summed E-state index contributed by atoms with van der Waals surface area (Å²) in [6.07, 6.45) is 4.38. The fourth-order valence-electron chi connectivity index (χ4n) is 6.55. The molecule has 42 heavy (non-hydrogen) atoms. The number of piperazine rings is 1. The number of nitrogens with zero attached hydrogens (tertiary/aromatic N) is 5. The summed E-state index contributed by atoms with van der Waals surface area (Å²) in [5.41, 5.74) is 2.60. The summed E-state index contributed by atoms with van der Waals surface area (Å²) in [7, 11) is 0. The Kier molecular flexibility index (Phi) is 9.05. The number of aromatic nitrogens is 2. The zero-order valence-electron chi connectivity index (χ0n) is 24.7. The number of benzene rings is 2. The molecule has 2 N–H and O–H groups in total. The van der Waals surface area contributed by atoms with Gasteiger partial charge < -0.3 is 30.1 Å². The van der Waals surface area contributed by atoms with Crippen molar-refractivity contribution in [1.29, 1.82) is 0 Å². The van der Waals surface area contributed by atoms with E-state index in [4.69, 9.17) is 26.9 Å². The first-order chi connectivity index (χ1) is 20.6. The normalized spacial score (nSPS) is 20.7. The Hall–Kier alpha value is -3.43. The van der Waals surface area contributed by atoms with Crippen LogP contribution in [0.1, 0.15) is 38.2 Å². The summed E-state index contributed by atoms with van der Waals surface area (Å²) in [6.45, 7) is 10.4. The zero-order valence-corrected chi connectivity index (χ0v) is 25.5. The highest BCUT2D eigenvalue weighted by Crippen LogP contribution is 2.34. The Morgan fingerprint density at radius 1 is 0.881 bits per heavy atom. The fourth-order valence-corrected chi connectivity index (χ4v) is 6.71. The quantitative estimate of drug-likeness (QED) is 0.370. The lowest BCUT2D eigenvalue weighted by Crippen LogP contribution is -2.47. The van der Waals surface area contributed by atoms with Gasteiger partial charge in [0, 0.05) is 76.2 Å². The molecule has 0 amide bonds. The molecule has 3 saturated heterocycles. The van der Waals surface area contributed by atoms with Crippen LogP contribution in [-0.4, -0.2) is 74.1 Å². The second-order valence-corrected chi connectivity index (χ2v) is 12.4. The molecule has 3 aliphatic rings. The third kappa shape index (κ3) is 6.79. The third-order valence-corrected chi connectivity index (χ3v) is 9.30. The van der Waals surface area contributed by atoms with E-state index < -0.39 is 0 Å². The van der Waals surface area contributed by atoms with E-state index in [-0.39, 0.29) is 5.41 Å².